The molecule has 10 heteroatoms. The zero-order valence-electron chi connectivity index (χ0n) is 18.0. The van der Waals surface area contributed by atoms with Gasteiger partial charge in [-0.3, -0.25) is 14.3 Å². The van der Waals surface area contributed by atoms with Crippen LogP contribution in [0.5, 0.6) is 5.75 Å². The highest BCUT2D eigenvalue weighted by Crippen LogP contribution is 2.36. The first kappa shape index (κ1) is 22.0. The number of pyridine rings is 1. The van der Waals surface area contributed by atoms with E-state index in [1.165, 1.54) is 29.0 Å². The Bertz CT molecular complexity index is 1450. The summed E-state index contributed by atoms with van der Waals surface area (Å²) in [5.41, 5.74) is -0.0799. The third-order valence-corrected chi connectivity index (χ3v) is 6.36. The molecule has 2 aromatic carbocycles. The van der Waals surface area contributed by atoms with E-state index in [0.29, 0.717) is 36.8 Å². The normalized spacial score (nSPS) is 15.3. The van der Waals surface area contributed by atoms with Crippen LogP contribution < -0.4 is 5.69 Å². The number of alkyl halides is 3. The molecule has 0 saturated carbocycles. The SMILES string of the molecule is O=C(Cc1ccc2nccc(O)c2c1)N1CCC(n2c(=O)[nH]c3cccc(C(F)(F)F)c32)CC1. The van der Waals surface area contributed by atoms with Crippen LogP contribution >= 0.6 is 0 Å². The first-order valence-electron chi connectivity index (χ1n) is 10.9. The van der Waals surface area contributed by atoms with E-state index in [0.717, 1.165) is 11.6 Å². The van der Waals surface area contributed by atoms with Gasteiger partial charge >= 0.3 is 11.9 Å². The molecule has 0 bridgehead atoms. The monoisotopic (exact) mass is 470 g/mol. The van der Waals surface area contributed by atoms with Gasteiger partial charge in [-0.2, -0.15) is 13.2 Å². The highest BCUT2D eigenvalue weighted by Gasteiger charge is 2.36. The highest BCUT2D eigenvalue weighted by atomic mass is 19.4. The number of nitrogens with one attached hydrogen (secondary N) is 1. The molecule has 0 aliphatic carbocycles. The molecule has 0 unspecified atom stereocenters. The summed E-state index contributed by atoms with van der Waals surface area (Å²) in [6.45, 7) is 0.661. The molecule has 1 aliphatic rings. The van der Waals surface area contributed by atoms with E-state index in [1.807, 2.05) is 0 Å². The van der Waals surface area contributed by atoms with Crippen molar-refractivity contribution in [3.05, 3.63) is 70.3 Å². The van der Waals surface area contributed by atoms with Gasteiger partial charge in [0.25, 0.3) is 0 Å². The van der Waals surface area contributed by atoms with Gasteiger partial charge in [-0.1, -0.05) is 12.1 Å². The number of imidazole rings is 1. The molecule has 4 aromatic rings. The zero-order chi connectivity index (χ0) is 24.0. The predicted octanol–water partition coefficient (Wildman–Crippen LogP) is 4.01. The van der Waals surface area contributed by atoms with Crippen molar-refractivity contribution in [2.75, 3.05) is 13.1 Å². The molecular formula is C24H21F3N4O3. The fourth-order valence-electron chi connectivity index (χ4n) is 4.71. The number of carbonyl (C=O) groups excluding carboxylic acids is 1. The second kappa shape index (κ2) is 8.19. The Balaban J connectivity index is 1.33. The Kier molecular flexibility index (Phi) is 5.30. The van der Waals surface area contributed by atoms with Crippen molar-refractivity contribution in [2.45, 2.75) is 31.5 Å². The van der Waals surface area contributed by atoms with Crippen molar-refractivity contribution >= 4 is 27.8 Å². The summed E-state index contributed by atoms with van der Waals surface area (Å²) in [4.78, 5) is 33.8. The molecule has 1 amide bonds. The van der Waals surface area contributed by atoms with Crippen LogP contribution in [0, 0.1) is 0 Å². The number of rotatable bonds is 3. The average Bonchev–Trinajstić information content (AvgIpc) is 3.14. The summed E-state index contributed by atoms with van der Waals surface area (Å²) in [7, 11) is 0. The molecule has 0 atom stereocenters. The van der Waals surface area contributed by atoms with Crippen molar-refractivity contribution in [2.24, 2.45) is 0 Å². The number of fused-ring (bicyclic) bond motifs is 2. The maximum absolute atomic E-state index is 13.6. The fraction of sp³-hybridized carbons (Fsp3) is 0.292. The summed E-state index contributed by atoms with van der Waals surface area (Å²) in [5, 5.41) is 10.6. The van der Waals surface area contributed by atoms with Crippen molar-refractivity contribution in [1.29, 1.82) is 0 Å². The van der Waals surface area contributed by atoms with Gasteiger partial charge in [0.2, 0.25) is 5.91 Å². The number of likely N-dealkylation sites (tertiary alicyclic amines) is 1. The van der Waals surface area contributed by atoms with E-state index in [2.05, 4.69) is 9.97 Å². The number of H-pyrrole nitrogens is 1. The third-order valence-electron chi connectivity index (χ3n) is 6.36. The number of hydrogen-bond acceptors (Lipinski definition) is 4. The van der Waals surface area contributed by atoms with E-state index < -0.39 is 23.5 Å². The molecular weight excluding hydrogens is 449 g/mol. The van der Waals surface area contributed by atoms with Crippen molar-refractivity contribution in [3.63, 3.8) is 0 Å². The minimum atomic E-state index is -4.59. The van der Waals surface area contributed by atoms with Crippen LogP contribution in [0.4, 0.5) is 13.2 Å². The summed E-state index contributed by atoms with van der Waals surface area (Å²) in [5.74, 6) is -0.0362. The third kappa shape index (κ3) is 3.89. The number of para-hydroxylation sites is 1. The van der Waals surface area contributed by atoms with Gasteiger partial charge < -0.3 is 15.0 Å². The van der Waals surface area contributed by atoms with E-state index in [-0.39, 0.29) is 29.1 Å². The lowest BCUT2D eigenvalue weighted by Gasteiger charge is -2.33. The lowest BCUT2D eigenvalue weighted by atomic mass is 10.0. The zero-order valence-corrected chi connectivity index (χ0v) is 18.0. The predicted molar refractivity (Wildman–Crippen MR) is 120 cm³/mol. The molecule has 1 fully saturated rings. The van der Waals surface area contributed by atoms with Crippen molar-refractivity contribution < 1.29 is 23.1 Å². The summed E-state index contributed by atoms with van der Waals surface area (Å²) < 4.78 is 41.9. The molecule has 2 aromatic heterocycles. The molecule has 0 spiro atoms. The van der Waals surface area contributed by atoms with Gasteiger partial charge in [-0.25, -0.2) is 4.79 Å². The molecule has 1 saturated heterocycles. The molecule has 176 valence electrons. The Labute approximate surface area is 191 Å². The number of piperidine rings is 1. The van der Waals surface area contributed by atoms with Crippen LogP contribution in [-0.4, -0.2) is 43.5 Å². The molecule has 3 heterocycles. The van der Waals surface area contributed by atoms with Crippen LogP contribution in [0.15, 0.2) is 53.5 Å². The minimum Gasteiger partial charge on any atom is -0.507 e. The van der Waals surface area contributed by atoms with Crippen LogP contribution in [0.3, 0.4) is 0 Å². The number of nitrogens with zero attached hydrogens (tertiary/aromatic N) is 3. The van der Waals surface area contributed by atoms with Gasteiger partial charge in [0.05, 0.1) is 28.5 Å². The van der Waals surface area contributed by atoms with Crippen molar-refractivity contribution in [1.82, 2.24) is 19.4 Å². The van der Waals surface area contributed by atoms with E-state index in [9.17, 15) is 27.9 Å². The minimum absolute atomic E-state index is 0.0857. The van der Waals surface area contributed by atoms with Crippen LogP contribution in [-0.2, 0) is 17.4 Å². The van der Waals surface area contributed by atoms with Gasteiger partial charge in [0.1, 0.15) is 5.75 Å². The largest absolute Gasteiger partial charge is 0.507 e. The number of aromatic nitrogens is 3. The lowest BCUT2D eigenvalue weighted by Crippen LogP contribution is -2.41. The van der Waals surface area contributed by atoms with Gasteiger partial charge in [-0.15, -0.1) is 0 Å². The van der Waals surface area contributed by atoms with Gasteiger partial charge in [0.15, 0.2) is 0 Å². The maximum Gasteiger partial charge on any atom is 0.418 e. The molecule has 34 heavy (non-hydrogen) atoms. The number of amides is 1. The van der Waals surface area contributed by atoms with Crippen molar-refractivity contribution in [3.8, 4) is 5.75 Å². The second-order valence-electron chi connectivity index (χ2n) is 8.47. The summed E-state index contributed by atoms with van der Waals surface area (Å²) in [6, 6.07) is 9.99. The molecule has 7 nitrogen and oxygen atoms in total. The van der Waals surface area contributed by atoms with Crippen LogP contribution in [0.2, 0.25) is 0 Å². The summed E-state index contributed by atoms with van der Waals surface area (Å²) >= 11 is 0. The van der Waals surface area contributed by atoms with Crippen LogP contribution in [0.1, 0.15) is 30.0 Å². The second-order valence-corrected chi connectivity index (χ2v) is 8.47. The first-order valence-corrected chi connectivity index (χ1v) is 10.9. The Morgan fingerprint density at radius 3 is 2.65 bits per heavy atom. The number of benzene rings is 2. The number of hydrogen-bond donors (Lipinski definition) is 2. The highest BCUT2D eigenvalue weighted by molar-refractivity contribution is 5.87. The number of aromatic amines is 1. The Morgan fingerprint density at radius 2 is 1.91 bits per heavy atom. The number of aromatic hydroxyl groups is 1. The Morgan fingerprint density at radius 1 is 1.15 bits per heavy atom. The van der Waals surface area contributed by atoms with Gasteiger partial charge in [0, 0.05) is 30.7 Å². The van der Waals surface area contributed by atoms with Crippen LogP contribution in [0.25, 0.3) is 21.9 Å². The number of carbonyl (C=O) groups is 1. The topological polar surface area (TPSA) is 91.2 Å². The smallest absolute Gasteiger partial charge is 0.418 e. The maximum atomic E-state index is 13.6. The number of halogens is 3. The molecule has 0 radical (unpaired) electrons. The van der Waals surface area contributed by atoms with E-state index in [4.69, 9.17) is 0 Å². The van der Waals surface area contributed by atoms with E-state index >= 15 is 0 Å². The first-order chi connectivity index (χ1) is 16.2. The Hall–Kier alpha value is -3.82. The fourth-order valence-corrected chi connectivity index (χ4v) is 4.71. The quantitative estimate of drug-likeness (QED) is 0.474. The van der Waals surface area contributed by atoms with Gasteiger partial charge in [-0.05, 0) is 48.7 Å². The average molecular weight is 470 g/mol. The molecule has 2 N–H and O–H groups in total. The standard InChI is InChI=1S/C24H21F3N4O3/c25-24(26,27)17-2-1-3-19-22(17)31(23(34)29-19)15-7-10-30(11-8-15)21(33)13-14-4-5-18-16(12-14)20(32)6-9-28-18/h1-6,9,12,15H,7-8,10-11,13H2,(H,28,32)(H,29,34). The summed E-state index contributed by atoms with van der Waals surface area (Å²) in [6.07, 6.45) is -2.22. The molecule has 1 aliphatic heterocycles. The molecule has 5 rings (SSSR count). The lowest BCUT2D eigenvalue weighted by molar-refractivity contribution is -0.136. The van der Waals surface area contributed by atoms with E-state index in [1.54, 1.807) is 23.1 Å².